The van der Waals surface area contributed by atoms with Crippen LogP contribution in [0.15, 0.2) is 0 Å². The SMILES string of the molecule is CO[C@H]1O[C@H]([C@]2(CC(C)C)NC(=O)NC2=O)[C@@H]2OC(C)(C)O[C@H]12. The monoisotopic (exact) mass is 328 g/mol. The van der Waals surface area contributed by atoms with Crippen LogP contribution >= 0.6 is 0 Å². The van der Waals surface area contributed by atoms with Gasteiger partial charge in [-0.15, -0.1) is 0 Å². The Kier molecular flexibility index (Phi) is 3.91. The summed E-state index contributed by atoms with van der Waals surface area (Å²) in [6.07, 6.45) is -1.86. The van der Waals surface area contributed by atoms with Gasteiger partial charge in [-0.25, -0.2) is 4.79 Å². The molecule has 2 N–H and O–H groups in total. The lowest BCUT2D eigenvalue weighted by Gasteiger charge is -2.36. The van der Waals surface area contributed by atoms with Crippen molar-refractivity contribution in [2.24, 2.45) is 5.92 Å². The van der Waals surface area contributed by atoms with Gasteiger partial charge < -0.3 is 24.3 Å². The Balaban J connectivity index is 1.96. The van der Waals surface area contributed by atoms with E-state index in [2.05, 4.69) is 10.6 Å². The molecular weight excluding hydrogens is 304 g/mol. The summed E-state index contributed by atoms with van der Waals surface area (Å²) in [5, 5.41) is 5.08. The summed E-state index contributed by atoms with van der Waals surface area (Å²) in [7, 11) is 1.52. The minimum Gasteiger partial charge on any atom is -0.353 e. The van der Waals surface area contributed by atoms with Crippen LogP contribution in [-0.2, 0) is 23.7 Å². The number of hydrogen-bond donors (Lipinski definition) is 2. The standard InChI is InChI=1S/C15H24N2O6/c1-7(2)6-15(12(18)16-13(19)17-15)10-8-9(11(20-5)21-10)23-14(3,4)22-8/h7-11H,6H2,1-5H3,(H2,16,17,18,19)/t8-,9+,10+,11+,15+/m1/s1. The Morgan fingerprint density at radius 3 is 2.39 bits per heavy atom. The number of carbonyl (C=O) groups is 2. The van der Waals surface area contributed by atoms with Gasteiger partial charge in [0.15, 0.2) is 12.1 Å². The van der Waals surface area contributed by atoms with Gasteiger partial charge >= 0.3 is 6.03 Å². The van der Waals surface area contributed by atoms with Gasteiger partial charge in [-0.1, -0.05) is 13.8 Å². The Morgan fingerprint density at radius 1 is 1.22 bits per heavy atom. The molecule has 3 fully saturated rings. The molecule has 0 aromatic rings. The molecular formula is C15H24N2O6. The highest BCUT2D eigenvalue weighted by atomic mass is 16.8. The summed E-state index contributed by atoms with van der Waals surface area (Å²) in [6.45, 7) is 7.57. The summed E-state index contributed by atoms with van der Waals surface area (Å²) in [5.41, 5.74) is -1.19. The highest BCUT2D eigenvalue weighted by molar-refractivity contribution is 6.07. The van der Waals surface area contributed by atoms with Crippen LogP contribution in [0, 0.1) is 5.92 Å². The van der Waals surface area contributed by atoms with E-state index >= 15 is 0 Å². The number of imide groups is 1. The second kappa shape index (κ2) is 5.41. The smallest absolute Gasteiger partial charge is 0.322 e. The summed E-state index contributed by atoms with van der Waals surface area (Å²) >= 11 is 0. The maximum Gasteiger partial charge on any atom is 0.322 e. The van der Waals surface area contributed by atoms with Gasteiger partial charge in [0.1, 0.15) is 23.9 Å². The molecule has 0 unspecified atom stereocenters. The Labute approximate surface area is 135 Å². The third-order valence-electron chi connectivity index (χ3n) is 4.43. The number of rotatable bonds is 4. The molecule has 3 heterocycles. The van der Waals surface area contributed by atoms with E-state index in [4.69, 9.17) is 18.9 Å². The molecule has 130 valence electrons. The number of fused-ring (bicyclic) bond motifs is 1. The molecule has 0 aromatic carbocycles. The van der Waals surface area contributed by atoms with E-state index in [-0.39, 0.29) is 5.92 Å². The molecule has 0 aromatic heterocycles. The van der Waals surface area contributed by atoms with Crippen LogP contribution in [0.5, 0.6) is 0 Å². The zero-order valence-electron chi connectivity index (χ0n) is 14.0. The number of methoxy groups -OCH3 is 1. The van der Waals surface area contributed by atoms with Crippen LogP contribution in [0.3, 0.4) is 0 Å². The fraction of sp³-hybridized carbons (Fsp3) is 0.867. The van der Waals surface area contributed by atoms with Gasteiger partial charge in [0.2, 0.25) is 0 Å². The fourth-order valence-electron chi connectivity index (χ4n) is 3.76. The van der Waals surface area contributed by atoms with Crippen LogP contribution in [0.4, 0.5) is 4.79 Å². The van der Waals surface area contributed by atoms with Crippen molar-refractivity contribution in [3.63, 3.8) is 0 Å². The number of hydrogen-bond acceptors (Lipinski definition) is 6. The van der Waals surface area contributed by atoms with Gasteiger partial charge in [-0.2, -0.15) is 0 Å². The van der Waals surface area contributed by atoms with E-state index in [1.165, 1.54) is 7.11 Å². The molecule has 0 bridgehead atoms. The summed E-state index contributed by atoms with van der Waals surface area (Å²) < 4.78 is 23.1. The van der Waals surface area contributed by atoms with Gasteiger partial charge in [0.05, 0.1) is 0 Å². The maximum absolute atomic E-state index is 12.6. The molecule has 0 saturated carbocycles. The van der Waals surface area contributed by atoms with E-state index in [0.29, 0.717) is 6.42 Å². The zero-order chi connectivity index (χ0) is 17.0. The predicted molar refractivity (Wildman–Crippen MR) is 78.4 cm³/mol. The van der Waals surface area contributed by atoms with E-state index in [1.807, 2.05) is 13.8 Å². The quantitative estimate of drug-likeness (QED) is 0.730. The highest BCUT2D eigenvalue weighted by Crippen LogP contribution is 2.44. The first-order valence-electron chi connectivity index (χ1n) is 7.86. The van der Waals surface area contributed by atoms with E-state index in [0.717, 1.165) is 0 Å². The zero-order valence-corrected chi connectivity index (χ0v) is 14.0. The first-order valence-corrected chi connectivity index (χ1v) is 7.86. The molecule has 8 nitrogen and oxygen atoms in total. The predicted octanol–water partition coefficient (Wildman–Crippen LogP) is 0.502. The number of ether oxygens (including phenoxy) is 4. The molecule has 3 aliphatic rings. The molecule has 3 saturated heterocycles. The van der Waals surface area contributed by atoms with Gasteiger partial charge in [0, 0.05) is 7.11 Å². The first-order chi connectivity index (χ1) is 10.7. The van der Waals surface area contributed by atoms with Crippen LogP contribution in [0.25, 0.3) is 0 Å². The first kappa shape index (κ1) is 16.6. The summed E-state index contributed by atoms with van der Waals surface area (Å²) in [5.74, 6) is -1.03. The van der Waals surface area contributed by atoms with Crippen LogP contribution in [-0.4, -0.2) is 55.0 Å². The Hall–Kier alpha value is -1.22. The fourth-order valence-corrected chi connectivity index (χ4v) is 3.76. The molecule has 8 heteroatoms. The van der Waals surface area contributed by atoms with Crippen molar-refractivity contribution in [1.82, 2.24) is 10.6 Å². The average molecular weight is 328 g/mol. The van der Waals surface area contributed by atoms with Crippen molar-refractivity contribution in [3.8, 4) is 0 Å². The van der Waals surface area contributed by atoms with Crippen LogP contribution < -0.4 is 10.6 Å². The van der Waals surface area contributed by atoms with Gasteiger partial charge in [0.25, 0.3) is 5.91 Å². The molecule has 3 aliphatic heterocycles. The maximum atomic E-state index is 12.6. The molecule has 0 spiro atoms. The second-order valence-corrected chi connectivity index (χ2v) is 7.20. The van der Waals surface area contributed by atoms with E-state index < -0.39 is 47.9 Å². The lowest BCUT2D eigenvalue weighted by atomic mass is 9.81. The third kappa shape index (κ3) is 2.63. The van der Waals surface area contributed by atoms with Crippen molar-refractivity contribution in [3.05, 3.63) is 0 Å². The second-order valence-electron chi connectivity index (χ2n) is 7.20. The summed E-state index contributed by atoms with van der Waals surface area (Å²) in [6, 6.07) is -0.519. The number of amides is 3. The average Bonchev–Trinajstić information content (AvgIpc) is 2.98. The topological polar surface area (TPSA) is 95.1 Å². The minimum atomic E-state index is -1.19. The molecule has 3 rings (SSSR count). The van der Waals surface area contributed by atoms with Gasteiger partial charge in [-0.3, -0.25) is 10.1 Å². The summed E-state index contributed by atoms with van der Waals surface area (Å²) in [4.78, 5) is 24.3. The van der Waals surface area contributed by atoms with Crippen molar-refractivity contribution >= 4 is 11.9 Å². The van der Waals surface area contributed by atoms with Crippen LogP contribution in [0.1, 0.15) is 34.1 Å². The van der Waals surface area contributed by atoms with E-state index in [1.54, 1.807) is 13.8 Å². The number of carbonyl (C=O) groups excluding carboxylic acids is 2. The molecule has 0 aliphatic carbocycles. The number of urea groups is 1. The molecule has 0 radical (unpaired) electrons. The van der Waals surface area contributed by atoms with E-state index in [9.17, 15) is 9.59 Å². The van der Waals surface area contributed by atoms with Crippen molar-refractivity contribution in [1.29, 1.82) is 0 Å². The van der Waals surface area contributed by atoms with Gasteiger partial charge in [-0.05, 0) is 26.2 Å². The molecule has 5 atom stereocenters. The van der Waals surface area contributed by atoms with Crippen molar-refractivity contribution < 1.29 is 28.5 Å². The van der Waals surface area contributed by atoms with Crippen molar-refractivity contribution in [2.75, 3.05) is 7.11 Å². The van der Waals surface area contributed by atoms with Crippen LogP contribution in [0.2, 0.25) is 0 Å². The normalized spacial score (nSPS) is 42.0. The molecule has 3 amide bonds. The van der Waals surface area contributed by atoms with Crippen molar-refractivity contribution in [2.45, 2.75) is 70.0 Å². The Bertz CT molecular complexity index is 522. The third-order valence-corrected chi connectivity index (χ3v) is 4.43. The molecule has 23 heavy (non-hydrogen) atoms. The number of nitrogens with one attached hydrogen (secondary N) is 2. The Morgan fingerprint density at radius 2 is 1.87 bits per heavy atom. The largest absolute Gasteiger partial charge is 0.353 e. The lowest BCUT2D eigenvalue weighted by molar-refractivity contribution is -0.234. The lowest BCUT2D eigenvalue weighted by Crippen LogP contribution is -2.61. The minimum absolute atomic E-state index is 0.165. The highest BCUT2D eigenvalue weighted by Gasteiger charge is 2.65.